The molecular formula is C19H29ClN4O3. The van der Waals surface area contributed by atoms with Gasteiger partial charge in [0.05, 0.1) is 4.92 Å². The third kappa shape index (κ3) is 5.11. The second-order valence-electron chi connectivity index (χ2n) is 7.68. The predicted molar refractivity (Wildman–Crippen MR) is 109 cm³/mol. The van der Waals surface area contributed by atoms with E-state index in [2.05, 4.69) is 29.4 Å². The molecule has 2 fully saturated rings. The number of piperidine rings is 2. The molecule has 3 rings (SSSR count). The van der Waals surface area contributed by atoms with Gasteiger partial charge in [0.15, 0.2) is 0 Å². The van der Waals surface area contributed by atoms with Crippen molar-refractivity contribution < 1.29 is 9.72 Å². The van der Waals surface area contributed by atoms with E-state index in [1.807, 2.05) is 0 Å². The van der Waals surface area contributed by atoms with Crippen molar-refractivity contribution in [2.75, 3.05) is 31.1 Å². The number of nitro groups is 1. The van der Waals surface area contributed by atoms with Crippen molar-refractivity contribution >= 4 is 29.7 Å². The summed E-state index contributed by atoms with van der Waals surface area (Å²) in [5, 5.41) is 17.9. The fourth-order valence-corrected chi connectivity index (χ4v) is 3.76. The minimum atomic E-state index is -0.380. The van der Waals surface area contributed by atoms with Crippen LogP contribution in [0.15, 0.2) is 18.2 Å². The van der Waals surface area contributed by atoms with Crippen LogP contribution in [-0.4, -0.2) is 43.1 Å². The van der Waals surface area contributed by atoms with Crippen molar-refractivity contribution in [2.45, 2.75) is 39.2 Å². The average molecular weight is 397 g/mol. The van der Waals surface area contributed by atoms with E-state index in [4.69, 9.17) is 0 Å². The fourth-order valence-electron chi connectivity index (χ4n) is 3.76. The molecule has 0 radical (unpaired) electrons. The van der Waals surface area contributed by atoms with E-state index in [1.54, 1.807) is 12.1 Å². The standard InChI is InChI=1S/C19H28N4O3.ClH/c1-13-6-9-22(10-7-13)17-4-3-15(11-18(17)23(25)26)19(24)21-16-12-20-8-5-14(16)2;/h3-4,11,13-14,16,20H,5-10,12H2,1-2H3,(H,21,24);1H. The topological polar surface area (TPSA) is 87.5 Å². The zero-order valence-corrected chi connectivity index (χ0v) is 16.8. The first-order chi connectivity index (χ1) is 12.5. The van der Waals surface area contributed by atoms with Gasteiger partial charge in [-0.25, -0.2) is 0 Å². The third-order valence-corrected chi connectivity index (χ3v) is 5.70. The van der Waals surface area contributed by atoms with Gasteiger partial charge in [0.1, 0.15) is 5.69 Å². The van der Waals surface area contributed by atoms with E-state index in [9.17, 15) is 14.9 Å². The number of anilines is 1. The number of rotatable bonds is 4. The second-order valence-corrected chi connectivity index (χ2v) is 7.68. The van der Waals surface area contributed by atoms with E-state index in [0.29, 0.717) is 23.1 Å². The number of nitrogens with zero attached hydrogens (tertiary/aromatic N) is 2. The van der Waals surface area contributed by atoms with Crippen molar-refractivity contribution in [1.29, 1.82) is 0 Å². The molecule has 0 spiro atoms. The lowest BCUT2D eigenvalue weighted by molar-refractivity contribution is -0.384. The molecule has 0 bridgehead atoms. The molecule has 2 aliphatic heterocycles. The minimum absolute atomic E-state index is 0. The quantitative estimate of drug-likeness (QED) is 0.603. The molecule has 2 saturated heterocycles. The lowest BCUT2D eigenvalue weighted by Crippen LogP contribution is -2.50. The van der Waals surface area contributed by atoms with Gasteiger partial charge >= 0.3 is 0 Å². The Hall–Kier alpha value is -1.86. The van der Waals surface area contributed by atoms with E-state index >= 15 is 0 Å². The number of carbonyl (C=O) groups is 1. The monoisotopic (exact) mass is 396 g/mol. The van der Waals surface area contributed by atoms with Crippen molar-refractivity contribution in [3.63, 3.8) is 0 Å². The highest BCUT2D eigenvalue weighted by atomic mass is 35.5. The second kappa shape index (κ2) is 9.37. The minimum Gasteiger partial charge on any atom is -0.366 e. The van der Waals surface area contributed by atoms with Crippen LogP contribution in [0.2, 0.25) is 0 Å². The molecule has 1 amide bonds. The van der Waals surface area contributed by atoms with Gasteiger partial charge in [-0.2, -0.15) is 0 Å². The predicted octanol–water partition coefficient (Wildman–Crippen LogP) is 2.98. The highest BCUT2D eigenvalue weighted by Gasteiger charge is 2.27. The number of halogens is 1. The van der Waals surface area contributed by atoms with Crippen molar-refractivity contribution in [3.8, 4) is 0 Å². The molecule has 2 heterocycles. The first kappa shape index (κ1) is 21.4. The van der Waals surface area contributed by atoms with Crippen LogP contribution in [0.3, 0.4) is 0 Å². The Morgan fingerprint density at radius 3 is 2.59 bits per heavy atom. The van der Waals surface area contributed by atoms with Crippen LogP contribution in [0.1, 0.15) is 43.5 Å². The molecule has 2 aliphatic rings. The average Bonchev–Trinajstić information content (AvgIpc) is 2.63. The molecule has 1 aromatic carbocycles. The van der Waals surface area contributed by atoms with Crippen LogP contribution < -0.4 is 15.5 Å². The Morgan fingerprint density at radius 2 is 1.96 bits per heavy atom. The van der Waals surface area contributed by atoms with Gasteiger partial charge in [-0.1, -0.05) is 13.8 Å². The Balaban J connectivity index is 0.00000261. The summed E-state index contributed by atoms with van der Waals surface area (Å²) in [7, 11) is 0. The van der Waals surface area contributed by atoms with Gasteiger partial charge in [-0.3, -0.25) is 14.9 Å². The third-order valence-electron chi connectivity index (χ3n) is 5.70. The molecule has 1 aromatic rings. The van der Waals surface area contributed by atoms with Crippen LogP contribution in [-0.2, 0) is 0 Å². The van der Waals surface area contributed by atoms with Crippen LogP contribution in [0, 0.1) is 22.0 Å². The highest BCUT2D eigenvalue weighted by molar-refractivity contribution is 5.96. The number of amides is 1. The molecule has 2 unspecified atom stereocenters. The molecule has 0 aromatic heterocycles. The molecule has 150 valence electrons. The number of hydrogen-bond donors (Lipinski definition) is 2. The summed E-state index contributed by atoms with van der Waals surface area (Å²) in [6, 6.07) is 4.91. The largest absolute Gasteiger partial charge is 0.366 e. The number of nitrogens with one attached hydrogen (secondary N) is 2. The number of hydrogen-bond acceptors (Lipinski definition) is 5. The van der Waals surface area contributed by atoms with Gasteiger partial charge in [0, 0.05) is 37.3 Å². The van der Waals surface area contributed by atoms with Gasteiger partial charge in [-0.15, -0.1) is 12.4 Å². The van der Waals surface area contributed by atoms with Crippen LogP contribution in [0.25, 0.3) is 0 Å². The maximum absolute atomic E-state index is 12.6. The summed E-state index contributed by atoms with van der Waals surface area (Å²) >= 11 is 0. The normalized spacial score (nSPS) is 23.4. The van der Waals surface area contributed by atoms with Crippen LogP contribution >= 0.6 is 12.4 Å². The first-order valence-corrected chi connectivity index (χ1v) is 9.50. The summed E-state index contributed by atoms with van der Waals surface area (Å²) in [6.45, 7) is 7.66. The summed E-state index contributed by atoms with van der Waals surface area (Å²) in [5.74, 6) is 0.804. The molecule has 2 atom stereocenters. The van der Waals surface area contributed by atoms with E-state index in [0.717, 1.165) is 45.4 Å². The fraction of sp³-hybridized carbons (Fsp3) is 0.632. The first-order valence-electron chi connectivity index (χ1n) is 9.50. The van der Waals surface area contributed by atoms with Crippen molar-refractivity contribution in [2.24, 2.45) is 11.8 Å². The smallest absolute Gasteiger partial charge is 0.293 e. The maximum Gasteiger partial charge on any atom is 0.293 e. The molecule has 2 N–H and O–H groups in total. The van der Waals surface area contributed by atoms with Crippen LogP contribution in [0.4, 0.5) is 11.4 Å². The van der Waals surface area contributed by atoms with Gasteiger partial charge in [0.25, 0.3) is 11.6 Å². The number of benzene rings is 1. The molecule has 7 nitrogen and oxygen atoms in total. The van der Waals surface area contributed by atoms with E-state index in [-0.39, 0.29) is 35.0 Å². The lowest BCUT2D eigenvalue weighted by Gasteiger charge is -2.32. The number of nitro benzene ring substituents is 1. The zero-order chi connectivity index (χ0) is 18.7. The van der Waals surface area contributed by atoms with Gasteiger partial charge in [-0.05, 0) is 49.8 Å². The Labute approximate surface area is 166 Å². The summed E-state index contributed by atoms with van der Waals surface area (Å²) in [6.07, 6.45) is 3.08. The van der Waals surface area contributed by atoms with Crippen LogP contribution in [0.5, 0.6) is 0 Å². The summed E-state index contributed by atoms with van der Waals surface area (Å²) in [5.41, 5.74) is 0.983. The highest BCUT2D eigenvalue weighted by Crippen LogP contribution is 2.32. The number of carbonyl (C=O) groups excluding carboxylic acids is 1. The Kier molecular flexibility index (Phi) is 7.44. The SMILES string of the molecule is CC1CCN(c2ccc(C(=O)NC3CNCCC3C)cc2[N+](=O)[O-])CC1.Cl. The molecular weight excluding hydrogens is 368 g/mol. The van der Waals surface area contributed by atoms with Gasteiger partial charge < -0.3 is 15.5 Å². The Bertz CT molecular complexity index is 677. The van der Waals surface area contributed by atoms with Gasteiger partial charge in [0.2, 0.25) is 0 Å². The lowest BCUT2D eigenvalue weighted by atomic mass is 9.94. The van der Waals surface area contributed by atoms with E-state index in [1.165, 1.54) is 6.07 Å². The molecule has 27 heavy (non-hydrogen) atoms. The van der Waals surface area contributed by atoms with Crippen molar-refractivity contribution in [1.82, 2.24) is 10.6 Å². The Morgan fingerprint density at radius 1 is 1.26 bits per heavy atom. The summed E-state index contributed by atoms with van der Waals surface area (Å²) in [4.78, 5) is 25.9. The molecule has 0 aliphatic carbocycles. The zero-order valence-electron chi connectivity index (χ0n) is 15.9. The molecule has 0 saturated carbocycles. The van der Waals surface area contributed by atoms with Crippen molar-refractivity contribution in [3.05, 3.63) is 33.9 Å². The maximum atomic E-state index is 12.6. The van der Waals surface area contributed by atoms with E-state index < -0.39 is 0 Å². The summed E-state index contributed by atoms with van der Waals surface area (Å²) < 4.78 is 0. The molecule has 8 heteroatoms.